The predicted molar refractivity (Wildman–Crippen MR) is 72.3 cm³/mol. The second kappa shape index (κ2) is 5.87. The number of aliphatic hydroxyl groups excluding tert-OH is 1. The molecule has 1 fully saturated rings. The highest BCUT2D eigenvalue weighted by molar-refractivity contribution is 4.92. The van der Waals surface area contributed by atoms with Gasteiger partial charge in [-0.15, -0.1) is 0 Å². The average molecular weight is 259 g/mol. The maximum atomic E-state index is 9.92. The highest BCUT2D eigenvalue weighted by atomic mass is 16.5. The second-order valence-electron chi connectivity index (χ2n) is 6.81. The first-order valence-electron chi connectivity index (χ1n) is 6.93. The van der Waals surface area contributed by atoms with Crippen molar-refractivity contribution in [2.75, 3.05) is 6.54 Å². The second-order valence-corrected chi connectivity index (χ2v) is 6.81. The van der Waals surface area contributed by atoms with Crippen molar-refractivity contribution >= 4 is 0 Å². The van der Waals surface area contributed by atoms with Gasteiger partial charge in [-0.05, 0) is 52.9 Å². The molecule has 0 saturated carbocycles. The number of nitrogens with two attached hydrogens (primary N) is 1. The molecule has 1 rings (SSSR count). The van der Waals surface area contributed by atoms with Gasteiger partial charge in [0.05, 0.1) is 23.4 Å². The Morgan fingerprint density at radius 2 is 2.06 bits per heavy atom. The Kier molecular flexibility index (Phi) is 5.18. The van der Waals surface area contributed by atoms with Gasteiger partial charge in [0.15, 0.2) is 0 Å². The maximum Gasteiger partial charge on any atom is 0.0926 e. The largest absolute Gasteiger partial charge is 0.390 e. The van der Waals surface area contributed by atoms with Gasteiger partial charge in [-0.2, -0.15) is 0 Å². The van der Waals surface area contributed by atoms with E-state index in [4.69, 9.17) is 10.5 Å². The zero-order valence-corrected chi connectivity index (χ0v) is 12.1. The lowest BCUT2D eigenvalue weighted by Crippen LogP contribution is -2.38. The number of ether oxygens (including phenoxy) is 1. The van der Waals surface area contributed by atoms with Crippen LogP contribution in [0, 0.1) is 5.92 Å². The van der Waals surface area contributed by atoms with E-state index in [1.807, 2.05) is 13.8 Å². The topological polar surface area (TPSA) is 75.7 Å². The summed E-state index contributed by atoms with van der Waals surface area (Å²) in [6, 6.07) is 0. The fourth-order valence-electron chi connectivity index (χ4n) is 2.85. The Balaban J connectivity index is 2.51. The van der Waals surface area contributed by atoms with Crippen molar-refractivity contribution in [1.82, 2.24) is 0 Å². The van der Waals surface area contributed by atoms with Crippen LogP contribution in [0.3, 0.4) is 0 Å². The smallest absolute Gasteiger partial charge is 0.0926 e. The summed E-state index contributed by atoms with van der Waals surface area (Å²) in [5.74, 6) is 0.334. The third-order valence-electron chi connectivity index (χ3n) is 3.66. The summed E-state index contributed by atoms with van der Waals surface area (Å²) < 4.78 is 5.90. The van der Waals surface area contributed by atoms with Crippen molar-refractivity contribution in [2.24, 2.45) is 11.7 Å². The Morgan fingerprint density at radius 1 is 1.44 bits per heavy atom. The molecule has 1 heterocycles. The molecule has 0 aromatic carbocycles. The molecule has 0 bridgehead atoms. The molecule has 4 nitrogen and oxygen atoms in total. The van der Waals surface area contributed by atoms with Crippen molar-refractivity contribution in [3.05, 3.63) is 0 Å². The monoisotopic (exact) mass is 259 g/mol. The van der Waals surface area contributed by atoms with Gasteiger partial charge >= 0.3 is 0 Å². The Labute approximate surface area is 111 Å². The van der Waals surface area contributed by atoms with Gasteiger partial charge in [-0.1, -0.05) is 6.42 Å². The fourth-order valence-corrected chi connectivity index (χ4v) is 2.85. The third-order valence-corrected chi connectivity index (χ3v) is 3.66. The molecule has 1 aliphatic rings. The molecule has 1 aliphatic heterocycles. The van der Waals surface area contributed by atoms with Crippen LogP contribution in [0.15, 0.2) is 0 Å². The van der Waals surface area contributed by atoms with Crippen molar-refractivity contribution in [1.29, 1.82) is 0 Å². The zero-order chi connectivity index (χ0) is 14.0. The van der Waals surface area contributed by atoms with Crippen LogP contribution in [0.1, 0.15) is 53.4 Å². The van der Waals surface area contributed by atoms with Gasteiger partial charge in [-0.3, -0.25) is 0 Å². The molecule has 0 spiro atoms. The van der Waals surface area contributed by atoms with Gasteiger partial charge in [0.2, 0.25) is 0 Å². The van der Waals surface area contributed by atoms with Crippen LogP contribution in [0.25, 0.3) is 0 Å². The minimum Gasteiger partial charge on any atom is -0.390 e. The first kappa shape index (κ1) is 15.9. The quantitative estimate of drug-likeness (QED) is 0.674. The van der Waals surface area contributed by atoms with Gasteiger partial charge in [0, 0.05) is 6.54 Å². The highest BCUT2D eigenvalue weighted by Gasteiger charge is 2.42. The van der Waals surface area contributed by atoms with E-state index in [1.54, 1.807) is 0 Å². The van der Waals surface area contributed by atoms with E-state index < -0.39 is 11.7 Å². The fraction of sp³-hybridized carbons (Fsp3) is 1.00. The van der Waals surface area contributed by atoms with Crippen LogP contribution in [0.4, 0.5) is 0 Å². The van der Waals surface area contributed by atoms with Crippen LogP contribution < -0.4 is 5.73 Å². The highest BCUT2D eigenvalue weighted by Crippen LogP contribution is 2.39. The van der Waals surface area contributed by atoms with Crippen LogP contribution in [-0.4, -0.2) is 40.2 Å². The standard InChI is InChI=1S/C14H29NO3/c1-13(2,17)7-5-6-10-8-14(3,4)18-12(10)11(16)9-15/h10-12,16-17H,5-9,15H2,1-4H3. The lowest BCUT2D eigenvalue weighted by atomic mass is 9.86. The van der Waals surface area contributed by atoms with Crippen LogP contribution in [0.5, 0.6) is 0 Å². The first-order valence-corrected chi connectivity index (χ1v) is 6.93. The third kappa shape index (κ3) is 4.84. The molecule has 3 unspecified atom stereocenters. The minimum atomic E-state index is -0.614. The summed E-state index contributed by atoms with van der Waals surface area (Å²) in [5, 5.41) is 19.6. The summed E-state index contributed by atoms with van der Waals surface area (Å²) >= 11 is 0. The number of hydrogen-bond donors (Lipinski definition) is 3. The van der Waals surface area contributed by atoms with E-state index in [2.05, 4.69) is 13.8 Å². The first-order chi connectivity index (χ1) is 8.14. The van der Waals surface area contributed by atoms with E-state index in [9.17, 15) is 10.2 Å². The minimum absolute atomic E-state index is 0.160. The SMILES string of the molecule is CC(C)(O)CCCC1CC(C)(C)OC1C(O)CN. The predicted octanol–water partition coefficient (Wildman–Crippen LogP) is 1.43. The Bertz CT molecular complexity index is 260. The number of aliphatic hydroxyl groups is 2. The molecule has 0 aromatic rings. The molecule has 0 aliphatic carbocycles. The number of rotatable bonds is 6. The van der Waals surface area contributed by atoms with Crippen molar-refractivity contribution in [2.45, 2.75) is 76.8 Å². The molecule has 0 radical (unpaired) electrons. The van der Waals surface area contributed by atoms with Crippen molar-refractivity contribution in [3.8, 4) is 0 Å². The van der Waals surface area contributed by atoms with E-state index in [0.717, 1.165) is 25.7 Å². The summed E-state index contributed by atoms with van der Waals surface area (Å²) in [5.41, 5.74) is 4.74. The van der Waals surface area contributed by atoms with Crippen LogP contribution in [-0.2, 0) is 4.74 Å². The summed E-state index contributed by atoms with van der Waals surface area (Å²) in [7, 11) is 0. The van der Waals surface area contributed by atoms with E-state index >= 15 is 0 Å². The summed E-state index contributed by atoms with van der Waals surface area (Å²) in [6.07, 6.45) is 2.89. The van der Waals surface area contributed by atoms with Crippen LogP contribution >= 0.6 is 0 Å². The van der Waals surface area contributed by atoms with E-state index in [1.165, 1.54) is 0 Å². The Morgan fingerprint density at radius 3 is 2.56 bits per heavy atom. The average Bonchev–Trinajstić information content (AvgIpc) is 2.51. The van der Waals surface area contributed by atoms with Gasteiger partial charge < -0.3 is 20.7 Å². The molecule has 108 valence electrons. The normalized spacial score (nSPS) is 29.5. The molecule has 0 amide bonds. The maximum absolute atomic E-state index is 9.92. The van der Waals surface area contributed by atoms with E-state index in [-0.39, 0.29) is 18.2 Å². The molecule has 18 heavy (non-hydrogen) atoms. The van der Waals surface area contributed by atoms with Gasteiger partial charge in [-0.25, -0.2) is 0 Å². The molecular weight excluding hydrogens is 230 g/mol. The zero-order valence-electron chi connectivity index (χ0n) is 12.1. The molecular formula is C14H29NO3. The number of hydrogen-bond acceptors (Lipinski definition) is 4. The lowest BCUT2D eigenvalue weighted by molar-refractivity contribution is -0.0769. The summed E-state index contributed by atoms with van der Waals surface area (Å²) in [6.45, 7) is 8.00. The molecule has 1 saturated heterocycles. The molecule has 3 atom stereocenters. The Hall–Kier alpha value is -0.160. The van der Waals surface area contributed by atoms with Gasteiger partial charge in [0.1, 0.15) is 0 Å². The van der Waals surface area contributed by atoms with Crippen molar-refractivity contribution in [3.63, 3.8) is 0 Å². The van der Waals surface area contributed by atoms with E-state index in [0.29, 0.717) is 5.92 Å². The molecule has 4 N–H and O–H groups in total. The summed E-state index contributed by atoms with van der Waals surface area (Å²) in [4.78, 5) is 0. The molecule has 4 heteroatoms. The lowest BCUT2D eigenvalue weighted by Gasteiger charge is -2.25. The molecule has 0 aromatic heterocycles. The van der Waals surface area contributed by atoms with Gasteiger partial charge in [0.25, 0.3) is 0 Å². The van der Waals surface area contributed by atoms with Crippen LogP contribution in [0.2, 0.25) is 0 Å². The van der Waals surface area contributed by atoms with Crippen molar-refractivity contribution < 1.29 is 14.9 Å².